The fourth-order valence-corrected chi connectivity index (χ4v) is 3.06. The van der Waals surface area contributed by atoms with Crippen LogP contribution in [0.15, 0.2) is 71.8 Å². The van der Waals surface area contributed by atoms with Crippen molar-refractivity contribution in [3.63, 3.8) is 0 Å². The van der Waals surface area contributed by atoms with Crippen LogP contribution in [0.4, 0.5) is 0 Å². The first-order valence-corrected chi connectivity index (χ1v) is 11.7. The third-order valence-electron chi connectivity index (χ3n) is 5.08. The van der Waals surface area contributed by atoms with Crippen LogP contribution in [0.2, 0.25) is 0 Å². The minimum atomic E-state index is -0.524. The third-order valence-corrected chi connectivity index (χ3v) is 5.08. The Morgan fingerprint density at radius 1 is 0.838 bits per heavy atom. The number of amides is 1. The van der Waals surface area contributed by atoms with Crippen molar-refractivity contribution in [1.29, 1.82) is 0 Å². The lowest BCUT2D eigenvalue weighted by molar-refractivity contribution is -0.123. The Kier molecular flexibility index (Phi) is 10.3. The minimum absolute atomic E-state index is 0.201. The van der Waals surface area contributed by atoms with E-state index in [1.54, 1.807) is 73.8 Å². The van der Waals surface area contributed by atoms with E-state index in [9.17, 15) is 9.59 Å². The van der Waals surface area contributed by atoms with Crippen molar-refractivity contribution in [2.45, 2.75) is 19.8 Å². The molecule has 0 aliphatic rings. The molecular weight excluding hydrogens is 476 g/mol. The maximum absolute atomic E-state index is 12.6. The zero-order valence-electron chi connectivity index (χ0n) is 21.1. The molecule has 3 aromatic rings. The molecule has 0 fully saturated rings. The van der Waals surface area contributed by atoms with Crippen molar-refractivity contribution in [2.24, 2.45) is 5.10 Å². The van der Waals surface area contributed by atoms with E-state index in [1.165, 1.54) is 13.3 Å². The van der Waals surface area contributed by atoms with E-state index in [2.05, 4.69) is 17.5 Å². The molecule has 0 aromatic heterocycles. The van der Waals surface area contributed by atoms with E-state index in [0.717, 1.165) is 12.8 Å². The van der Waals surface area contributed by atoms with E-state index < -0.39 is 11.9 Å². The van der Waals surface area contributed by atoms with Gasteiger partial charge in [-0.15, -0.1) is 0 Å². The van der Waals surface area contributed by atoms with Gasteiger partial charge in [-0.2, -0.15) is 5.10 Å². The Balaban J connectivity index is 1.51. The zero-order valence-corrected chi connectivity index (χ0v) is 21.1. The molecule has 9 nitrogen and oxygen atoms in total. The van der Waals surface area contributed by atoms with Gasteiger partial charge in [-0.3, -0.25) is 4.79 Å². The fraction of sp³-hybridized carbons (Fsp3) is 0.250. The number of hydrogen-bond donors (Lipinski definition) is 1. The van der Waals surface area contributed by atoms with Crippen LogP contribution in [0.3, 0.4) is 0 Å². The summed E-state index contributed by atoms with van der Waals surface area (Å²) in [5, 5.41) is 3.93. The van der Waals surface area contributed by atoms with Gasteiger partial charge in [0.25, 0.3) is 5.91 Å². The van der Waals surface area contributed by atoms with Crippen molar-refractivity contribution in [2.75, 3.05) is 27.4 Å². The summed E-state index contributed by atoms with van der Waals surface area (Å²) < 4.78 is 27.0. The molecule has 0 aliphatic heterocycles. The van der Waals surface area contributed by atoms with Crippen molar-refractivity contribution in [3.05, 3.63) is 77.9 Å². The molecule has 0 bridgehead atoms. The lowest BCUT2D eigenvalue weighted by Crippen LogP contribution is -2.24. The third kappa shape index (κ3) is 8.57. The molecule has 0 saturated carbocycles. The van der Waals surface area contributed by atoms with Gasteiger partial charge in [0.1, 0.15) is 17.2 Å². The van der Waals surface area contributed by atoms with Gasteiger partial charge in [-0.1, -0.05) is 13.3 Å². The quantitative estimate of drug-likeness (QED) is 0.118. The number of hydrazone groups is 1. The van der Waals surface area contributed by atoms with Crippen LogP contribution >= 0.6 is 0 Å². The number of carbonyl (C=O) groups is 2. The van der Waals surface area contributed by atoms with Gasteiger partial charge < -0.3 is 23.7 Å². The molecule has 0 aliphatic carbocycles. The van der Waals surface area contributed by atoms with Gasteiger partial charge in [0.2, 0.25) is 0 Å². The van der Waals surface area contributed by atoms with Gasteiger partial charge in [-0.25, -0.2) is 10.2 Å². The van der Waals surface area contributed by atoms with Crippen LogP contribution in [-0.2, 0) is 4.79 Å². The average molecular weight is 507 g/mol. The minimum Gasteiger partial charge on any atom is -0.497 e. The Labute approximate surface area is 216 Å². The molecular formula is C28H30N2O7. The molecule has 0 unspecified atom stereocenters. The molecule has 0 spiro atoms. The summed E-state index contributed by atoms with van der Waals surface area (Å²) in [5.41, 5.74) is 3.41. The van der Waals surface area contributed by atoms with E-state index >= 15 is 0 Å². The second-order valence-corrected chi connectivity index (χ2v) is 7.78. The highest BCUT2D eigenvalue weighted by molar-refractivity contribution is 5.92. The molecule has 0 heterocycles. The number of rotatable bonds is 13. The first kappa shape index (κ1) is 27.1. The molecule has 3 aromatic carbocycles. The number of esters is 1. The van der Waals surface area contributed by atoms with E-state index in [-0.39, 0.29) is 12.4 Å². The molecule has 37 heavy (non-hydrogen) atoms. The monoisotopic (exact) mass is 506 g/mol. The number of methoxy groups -OCH3 is 2. The predicted molar refractivity (Wildman–Crippen MR) is 139 cm³/mol. The highest BCUT2D eigenvalue weighted by atomic mass is 16.6. The molecule has 1 N–H and O–H groups in total. The van der Waals surface area contributed by atoms with Gasteiger partial charge in [0.15, 0.2) is 18.1 Å². The Hall–Kier alpha value is -4.53. The van der Waals surface area contributed by atoms with Crippen LogP contribution in [0.5, 0.6) is 28.7 Å². The fourth-order valence-electron chi connectivity index (χ4n) is 3.06. The molecule has 0 radical (unpaired) electrons. The highest BCUT2D eigenvalue weighted by Gasteiger charge is 2.13. The SMILES string of the molecule is CCCCOc1ccc(C(=O)Oc2ccc(C=NNC(=O)COc3ccc(OC)cc3)cc2OC)cc1. The summed E-state index contributed by atoms with van der Waals surface area (Å²) in [7, 11) is 3.04. The highest BCUT2D eigenvalue weighted by Crippen LogP contribution is 2.28. The molecule has 1 amide bonds. The standard InChI is InChI=1S/C28H30N2O7/c1-4-5-16-35-23-9-7-21(8-10-23)28(32)37-25-15-6-20(17-26(25)34-3)18-29-30-27(31)19-36-24-13-11-22(33-2)12-14-24/h6-15,17-18H,4-5,16,19H2,1-3H3,(H,30,31). The number of hydrogen-bond acceptors (Lipinski definition) is 8. The summed E-state index contributed by atoms with van der Waals surface area (Å²) in [6, 6.07) is 18.6. The van der Waals surface area contributed by atoms with Crippen molar-refractivity contribution in [3.8, 4) is 28.7 Å². The Morgan fingerprint density at radius 2 is 1.51 bits per heavy atom. The lowest BCUT2D eigenvalue weighted by Gasteiger charge is -2.10. The maximum Gasteiger partial charge on any atom is 0.343 e. The topological polar surface area (TPSA) is 105 Å². The van der Waals surface area contributed by atoms with Crippen LogP contribution < -0.4 is 29.1 Å². The zero-order chi connectivity index (χ0) is 26.5. The van der Waals surface area contributed by atoms with E-state index in [1.807, 2.05) is 0 Å². The summed E-state index contributed by atoms with van der Waals surface area (Å²) in [4.78, 5) is 24.6. The Bertz CT molecular complexity index is 1190. The number of carbonyl (C=O) groups excluding carboxylic acids is 2. The molecule has 0 saturated heterocycles. The first-order chi connectivity index (χ1) is 18.0. The van der Waals surface area contributed by atoms with E-state index in [0.29, 0.717) is 40.7 Å². The predicted octanol–water partition coefficient (Wildman–Crippen LogP) is 4.63. The van der Waals surface area contributed by atoms with Crippen molar-refractivity contribution >= 4 is 18.1 Å². The second kappa shape index (κ2) is 14.1. The second-order valence-electron chi connectivity index (χ2n) is 7.78. The van der Waals surface area contributed by atoms with Gasteiger partial charge >= 0.3 is 5.97 Å². The summed E-state index contributed by atoms with van der Waals surface area (Å²) in [5.74, 6) is 1.57. The number of unbranched alkanes of at least 4 members (excludes halogenated alkanes) is 1. The number of benzene rings is 3. The van der Waals surface area contributed by atoms with E-state index in [4.69, 9.17) is 23.7 Å². The first-order valence-electron chi connectivity index (χ1n) is 11.7. The number of nitrogens with zero attached hydrogens (tertiary/aromatic N) is 1. The van der Waals surface area contributed by atoms with Gasteiger partial charge in [-0.05, 0) is 78.7 Å². The van der Waals surface area contributed by atoms with Crippen molar-refractivity contribution in [1.82, 2.24) is 5.43 Å². The van der Waals surface area contributed by atoms with Crippen LogP contribution in [0, 0.1) is 0 Å². The number of ether oxygens (including phenoxy) is 5. The lowest BCUT2D eigenvalue weighted by atomic mass is 10.2. The molecule has 194 valence electrons. The largest absolute Gasteiger partial charge is 0.497 e. The summed E-state index contributed by atoms with van der Waals surface area (Å²) in [6.45, 7) is 2.53. The normalized spacial score (nSPS) is 10.6. The molecule has 0 atom stereocenters. The maximum atomic E-state index is 12.6. The smallest absolute Gasteiger partial charge is 0.343 e. The van der Waals surface area contributed by atoms with Gasteiger partial charge in [0, 0.05) is 0 Å². The average Bonchev–Trinajstić information content (AvgIpc) is 2.93. The summed E-state index contributed by atoms with van der Waals surface area (Å²) in [6.07, 6.45) is 3.46. The van der Waals surface area contributed by atoms with Crippen LogP contribution in [0.25, 0.3) is 0 Å². The molecule has 9 heteroatoms. The Morgan fingerprint density at radius 3 is 2.19 bits per heavy atom. The van der Waals surface area contributed by atoms with Crippen LogP contribution in [0.1, 0.15) is 35.7 Å². The molecule has 3 rings (SSSR count). The van der Waals surface area contributed by atoms with Crippen molar-refractivity contribution < 1.29 is 33.3 Å². The van der Waals surface area contributed by atoms with Crippen LogP contribution in [-0.4, -0.2) is 45.5 Å². The van der Waals surface area contributed by atoms with Gasteiger partial charge in [0.05, 0.1) is 32.6 Å². The summed E-state index contributed by atoms with van der Waals surface area (Å²) >= 11 is 0. The number of nitrogens with one attached hydrogen (secondary N) is 1.